The number of rotatable bonds is 5. The molecule has 0 saturated carbocycles. The SMILES string of the molecule is Cc1cc2nc(C(=O)NCCO)cc(-c3ccnn3C)c2c(C)c1-c1ccncc1. The molecular formula is C23H23N5O2. The molecule has 0 bridgehead atoms. The van der Waals surface area contributed by atoms with Crippen molar-refractivity contribution in [1.29, 1.82) is 0 Å². The minimum absolute atomic E-state index is 0.124. The molecule has 4 rings (SSSR count). The lowest BCUT2D eigenvalue weighted by Crippen LogP contribution is -2.27. The van der Waals surface area contributed by atoms with Crippen molar-refractivity contribution in [2.45, 2.75) is 13.8 Å². The minimum Gasteiger partial charge on any atom is -0.395 e. The number of nitrogens with zero attached hydrogens (tertiary/aromatic N) is 4. The molecule has 0 radical (unpaired) electrons. The Morgan fingerprint density at radius 3 is 2.57 bits per heavy atom. The lowest BCUT2D eigenvalue weighted by Gasteiger charge is -2.17. The predicted octanol–water partition coefficient (Wildman–Crippen LogP) is 3.04. The molecule has 0 atom stereocenters. The van der Waals surface area contributed by atoms with Crippen LogP contribution in [0, 0.1) is 13.8 Å². The predicted molar refractivity (Wildman–Crippen MR) is 116 cm³/mol. The zero-order valence-corrected chi connectivity index (χ0v) is 17.2. The van der Waals surface area contributed by atoms with Gasteiger partial charge >= 0.3 is 0 Å². The molecule has 0 fully saturated rings. The molecule has 7 heteroatoms. The number of aliphatic hydroxyl groups is 1. The first-order chi connectivity index (χ1) is 14.5. The number of aromatic nitrogens is 4. The summed E-state index contributed by atoms with van der Waals surface area (Å²) in [5, 5.41) is 17.0. The van der Waals surface area contributed by atoms with Gasteiger partial charge in [-0.1, -0.05) is 0 Å². The number of nitrogens with one attached hydrogen (secondary N) is 1. The van der Waals surface area contributed by atoms with Crippen LogP contribution in [-0.4, -0.2) is 43.9 Å². The van der Waals surface area contributed by atoms with E-state index in [9.17, 15) is 4.79 Å². The first kappa shape index (κ1) is 19.7. The van der Waals surface area contributed by atoms with Gasteiger partial charge in [0.25, 0.3) is 5.91 Å². The first-order valence-corrected chi connectivity index (χ1v) is 9.74. The summed E-state index contributed by atoms with van der Waals surface area (Å²) in [6.07, 6.45) is 5.31. The normalized spacial score (nSPS) is 11.1. The van der Waals surface area contributed by atoms with E-state index in [1.807, 2.05) is 38.2 Å². The van der Waals surface area contributed by atoms with Gasteiger partial charge in [-0.2, -0.15) is 5.10 Å². The van der Waals surface area contributed by atoms with Gasteiger partial charge in [0, 0.05) is 43.1 Å². The van der Waals surface area contributed by atoms with E-state index in [0.29, 0.717) is 5.69 Å². The number of fused-ring (bicyclic) bond motifs is 1. The molecule has 1 aromatic carbocycles. The van der Waals surface area contributed by atoms with Crippen molar-refractivity contribution in [2.75, 3.05) is 13.2 Å². The maximum Gasteiger partial charge on any atom is 0.270 e. The van der Waals surface area contributed by atoms with Crippen molar-refractivity contribution in [2.24, 2.45) is 7.05 Å². The van der Waals surface area contributed by atoms with Crippen molar-refractivity contribution >= 4 is 16.8 Å². The Hall–Kier alpha value is -3.58. The van der Waals surface area contributed by atoms with E-state index < -0.39 is 0 Å². The lowest BCUT2D eigenvalue weighted by atomic mass is 9.90. The van der Waals surface area contributed by atoms with Crippen LogP contribution >= 0.6 is 0 Å². The molecule has 3 aromatic heterocycles. The molecule has 0 unspecified atom stereocenters. The van der Waals surface area contributed by atoms with E-state index >= 15 is 0 Å². The van der Waals surface area contributed by atoms with Crippen LogP contribution in [-0.2, 0) is 7.05 Å². The molecule has 0 aliphatic rings. The van der Waals surface area contributed by atoms with Crippen molar-refractivity contribution < 1.29 is 9.90 Å². The number of carbonyl (C=O) groups excluding carboxylic acids is 1. The van der Waals surface area contributed by atoms with E-state index in [2.05, 4.69) is 27.3 Å². The number of hydrogen-bond acceptors (Lipinski definition) is 5. The van der Waals surface area contributed by atoms with Crippen LogP contribution in [0.1, 0.15) is 21.6 Å². The standard InChI is InChI=1S/C23H23N5O2/c1-14-12-18-22(15(2)21(14)16-4-7-24-8-5-16)17(20-6-9-26-28(20)3)13-19(27-18)23(30)25-10-11-29/h4-9,12-13,29H,10-11H2,1-3H3,(H,25,30). The van der Waals surface area contributed by atoms with E-state index in [1.54, 1.807) is 29.3 Å². The number of benzene rings is 1. The smallest absolute Gasteiger partial charge is 0.270 e. The van der Waals surface area contributed by atoms with Gasteiger partial charge < -0.3 is 10.4 Å². The highest BCUT2D eigenvalue weighted by molar-refractivity contribution is 6.04. The number of hydrogen-bond donors (Lipinski definition) is 2. The molecule has 3 heterocycles. The monoisotopic (exact) mass is 401 g/mol. The van der Waals surface area contributed by atoms with Crippen molar-refractivity contribution in [3.63, 3.8) is 0 Å². The largest absolute Gasteiger partial charge is 0.395 e. The number of carbonyl (C=O) groups is 1. The number of pyridine rings is 2. The highest BCUT2D eigenvalue weighted by atomic mass is 16.3. The molecule has 0 spiro atoms. The fraction of sp³-hybridized carbons (Fsp3) is 0.217. The topological polar surface area (TPSA) is 92.9 Å². The van der Waals surface area contributed by atoms with Crippen LogP contribution in [0.2, 0.25) is 0 Å². The Kier molecular flexibility index (Phi) is 5.29. The van der Waals surface area contributed by atoms with E-state index in [4.69, 9.17) is 5.11 Å². The summed E-state index contributed by atoms with van der Waals surface area (Å²) in [5.41, 5.74) is 7.21. The fourth-order valence-corrected chi connectivity index (χ4v) is 3.94. The third-order valence-corrected chi connectivity index (χ3v) is 5.24. The highest BCUT2D eigenvalue weighted by Crippen LogP contribution is 2.37. The Balaban J connectivity index is 2.03. The minimum atomic E-state index is -0.317. The lowest BCUT2D eigenvalue weighted by molar-refractivity contribution is 0.0940. The molecule has 0 aliphatic carbocycles. The molecule has 1 amide bonds. The van der Waals surface area contributed by atoms with Gasteiger partial charge in [0.15, 0.2) is 0 Å². The Bertz CT molecular complexity index is 1230. The second-order valence-corrected chi connectivity index (χ2v) is 7.20. The molecule has 2 N–H and O–H groups in total. The molecule has 30 heavy (non-hydrogen) atoms. The van der Waals surface area contributed by atoms with Crippen LogP contribution in [0.25, 0.3) is 33.3 Å². The van der Waals surface area contributed by atoms with Crippen LogP contribution < -0.4 is 5.32 Å². The van der Waals surface area contributed by atoms with Gasteiger partial charge in [-0.15, -0.1) is 0 Å². The van der Waals surface area contributed by atoms with Crippen LogP contribution in [0.5, 0.6) is 0 Å². The average Bonchev–Trinajstić information content (AvgIpc) is 3.17. The van der Waals surface area contributed by atoms with Gasteiger partial charge in [-0.25, -0.2) is 4.98 Å². The first-order valence-electron chi connectivity index (χ1n) is 9.74. The van der Waals surface area contributed by atoms with Crippen LogP contribution in [0.3, 0.4) is 0 Å². The molecule has 0 saturated heterocycles. The molecule has 152 valence electrons. The summed E-state index contributed by atoms with van der Waals surface area (Å²) in [4.78, 5) is 21.4. The molecule has 7 nitrogen and oxygen atoms in total. The molecule has 4 aromatic rings. The summed E-state index contributed by atoms with van der Waals surface area (Å²) in [6, 6.07) is 9.73. The van der Waals surface area contributed by atoms with Gasteiger partial charge in [-0.05, 0) is 66.4 Å². The maximum absolute atomic E-state index is 12.6. The number of amides is 1. The van der Waals surface area contributed by atoms with E-state index in [1.165, 1.54) is 0 Å². The number of aryl methyl sites for hydroxylation is 3. The Labute approximate surface area is 174 Å². The third-order valence-electron chi connectivity index (χ3n) is 5.24. The van der Waals surface area contributed by atoms with Gasteiger partial charge in [0.05, 0.1) is 17.8 Å². The molecule has 0 aliphatic heterocycles. The maximum atomic E-state index is 12.6. The second-order valence-electron chi connectivity index (χ2n) is 7.20. The second kappa shape index (κ2) is 8.04. The van der Waals surface area contributed by atoms with Crippen molar-refractivity contribution in [1.82, 2.24) is 25.1 Å². The van der Waals surface area contributed by atoms with E-state index in [-0.39, 0.29) is 19.1 Å². The van der Waals surface area contributed by atoms with Gasteiger partial charge in [-0.3, -0.25) is 14.5 Å². The fourth-order valence-electron chi connectivity index (χ4n) is 3.94. The Morgan fingerprint density at radius 1 is 1.13 bits per heavy atom. The highest BCUT2D eigenvalue weighted by Gasteiger charge is 2.19. The summed E-state index contributed by atoms with van der Waals surface area (Å²) in [5.74, 6) is -0.317. The van der Waals surface area contributed by atoms with Crippen molar-refractivity contribution in [3.8, 4) is 22.4 Å². The Morgan fingerprint density at radius 2 is 1.90 bits per heavy atom. The molecular weight excluding hydrogens is 378 g/mol. The van der Waals surface area contributed by atoms with Crippen LogP contribution in [0.4, 0.5) is 0 Å². The third kappa shape index (κ3) is 3.44. The summed E-state index contributed by atoms with van der Waals surface area (Å²) in [7, 11) is 1.88. The number of aliphatic hydroxyl groups excluding tert-OH is 1. The van der Waals surface area contributed by atoms with Crippen LogP contribution in [0.15, 0.2) is 48.9 Å². The van der Waals surface area contributed by atoms with Gasteiger partial charge in [0.2, 0.25) is 0 Å². The summed E-state index contributed by atoms with van der Waals surface area (Å²) in [6.45, 7) is 4.18. The summed E-state index contributed by atoms with van der Waals surface area (Å²) >= 11 is 0. The van der Waals surface area contributed by atoms with Crippen molar-refractivity contribution in [3.05, 3.63) is 65.7 Å². The van der Waals surface area contributed by atoms with Gasteiger partial charge in [0.1, 0.15) is 5.69 Å². The quantitative estimate of drug-likeness (QED) is 0.536. The summed E-state index contributed by atoms with van der Waals surface area (Å²) < 4.78 is 1.79. The zero-order chi connectivity index (χ0) is 21.3. The zero-order valence-electron chi connectivity index (χ0n) is 17.2. The average molecular weight is 401 g/mol. The van der Waals surface area contributed by atoms with E-state index in [0.717, 1.165) is 44.4 Å².